The van der Waals surface area contributed by atoms with Crippen molar-refractivity contribution in [3.63, 3.8) is 0 Å². The molecule has 19 heavy (non-hydrogen) atoms. The first kappa shape index (κ1) is 14.2. The first-order valence-electron chi connectivity index (χ1n) is 5.50. The third-order valence-corrected chi connectivity index (χ3v) is 3.75. The molecule has 0 bridgehead atoms. The molecule has 0 saturated carbocycles. The Kier molecular flexibility index (Phi) is 4.35. The van der Waals surface area contributed by atoms with Gasteiger partial charge < -0.3 is 5.32 Å². The number of rotatable bonds is 2. The van der Waals surface area contributed by atoms with Gasteiger partial charge in [0.05, 0.1) is 15.1 Å². The molecule has 1 amide bonds. The molecule has 2 nitrogen and oxygen atoms in total. The second-order valence-corrected chi connectivity index (χ2v) is 5.27. The predicted molar refractivity (Wildman–Crippen MR) is 80.6 cm³/mol. The van der Waals surface area contributed by atoms with Crippen molar-refractivity contribution in [2.75, 3.05) is 5.32 Å². The summed E-state index contributed by atoms with van der Waals surface area (Å²) in [5.74, 6) is -0.227. The third kappa shape index (κ3) is 3.41. The van der Waals surface area contributed by atoms with E-state index >= 15 is 0 Å². The van der Waals surface area contributed by atoms with Crippen molar-refractivity contribution < 1.29 is 4.79 Å². The van der Waals surface area contributed by atoms with E-state index in [0.29, 0.717) is 21.3 Å². The molecule has 2 aromatic rings. The van der Waals surface area contributed by atoms with Crippen molar-refractivity contribution in [2.45, 2.75) is 6.92 Å². The maximum Gasteiger partial charge on any atom is 0.255 e. The molecule has 0 aliphatic rings. The van der Waals surface area contributed by atoms with Gasteiger partial charge in [-0.15, -0.1) is 0 Å². The maximum absolute atomic E-state index is 12.0. The van der Waals surface area contributed by atoms with E-state index in [1.165, 1.54) is 0 Å². The zero-order valence-electron chi connectivity index (χ0n) is 10.0. The Balaban J connectivity index is 2.22. The lowest BCUT2D eigenvalue weighted by atomic mass is 10.1. The van der Waals surface area contributed by atoms with E-state index in [1.54, 1.807) is 24.3 Å². The van der Waals surface area contributed by atoms with Crippen LogP contribution >= 0.6 is 34.8 Å². The van der Waals surface area contributed by atoms with Gasteiger partial charge in [-0.25, -0.2) is 0 Å². The number of aryl methyl sites for hydroxylation is 1. The lowest BCUT2D eigenvalue weighted by molar-refractivity contribution is 0.102. The normalized spacial score (nSPS) is 10.3. The highest BCUT2D eigenvalue weighted by Gasteiger charge is 2.09. The first-order valence-corrected chi connectivity index (χ1v) is 6.63. The van der Waals surface area contributed by atoms with E-state index in [0.717, 1.165) is 5.56 Å². The topological polar surface area (TPSA) is 29.1 Å². The van der Waals surface area contributed by atoms with Gasteiger partial charge in [0, 0.05) is 11.3 Å². The van der Waals surface area contributed by atoms with Crippen LogP contribution in [0.4, 0.5) is 5.69 Å². The van der Waals surface area contributed by atoms with Crippen molar-refractivity contribution >= 4 is 46.4 Å². The molecule has 0 unspecified atom stereocenters. The minimum atomic E-state index is -0.227. The van der Waals surface area contributed by atoms with Crippen LogP contribution in [0.5, 0.6) is 0 Å². The van der Waals surface area contributed by atoms with E-state index < -0.39 is 0 Å². The summed E-state index contributed by atoms with van der Waals surface area (Å²) in [5.41, 5.74) is 2.16. The Bertz CT molecular complexity index is 600. The van der Waals surface area contributed by atoms with Gasteiger partial charge in [-0.1, -0.05) is 52.5 Å². The molecule has 0 aliphatic heterocycles. The zero-order chi connectivity index (χ0) is 14.0. The minimum Gasteiger partial charge on any atom is -0.322 e. The molecule has 1 N–H and O–H groups in total. The highest BCUT2D eigenvalue weighted by Crippen LogP contribution is 2.33. The number of carbonyl (C=O) groups excluding carboxylic acids is 1. The fourth-order valence-electron chi connectivity index (χ4n) is 1.54. The fourth-order valence-corrected chi connectivity index (χ4v) is 2.13. The highest BCUT2D eigenvalue weighted by atomic mass is 35.5. The van der Waals surface area contributed by atoms with Crippen molar-refractivity contribution in [3.8, 4) is 0 Å². The number of anilines is 1. The van der Waals surface area contributed by atoms with Crippen LogP contribution in [0.1, 0.15) is 15.9 Å². The Morgan fingerprint density at radius 2 is 1.53 bits per heavy atom. The number of nitrogens with one attached hydrogen (secondary N) is 1. The summed E-state index contributed by atoms with van der Waals surface area (Å²) in [6, 6.07) is 10.4. The number of amides is 1. The monoisotopic (exact) mass is 313 g/mol. The summed E-state index contributed by atoms with van der Waals surface area (Å²) in [4.78, 5) is 12.0. The second-order valence-electron chi connectivity index (χ2n) is 4.07. The molecule has 0 heterocycles. The average Bonchev–Trinajstić information content (AvgIpc) is 2.36. The molecule has 0 fully saturated rings. The summed E-state index contributed by atoms with van der Waals surface area (Å²) in [5, 5.41) is 3.59. The Morgan fingerprint density at radius 3 is 2.05 bits per heavy atom. The van der Waals surface area contributed by atoms with Crippen LogP contribution in [0.15, 0.2) is 36.4 Å². The first-order chi connectivity index (χ1) is 8.97. The molecule has 0 saturated heterocycles. The van der Waals surface area contributed by atoms with Crippen LogP contribution in [-0.4, -0.2) is 5.91 Å². The highest BCUT2D eigenvalue weighted by molar-refractivity contribution is 6.48. The van der Waals surface area contributed by atoms with Crippen LogP contribution in [-0.2, 0) is 0 Å². The Labute approximate surface area is 126 Å². The zero-order valence-corrected chi connectivity index (χ0v) is 12.3. The van der Waals surface area contributed by atoms with Crippen LogP contribution < -0.4 is 5.32 Å². The number of halogens is 3. The van der Waals surface area contributed by atoms with Crippen molar-refractivity contribution in [3.05, 3.63) is 62.6 Å². The minimum absolute atomic E-state index is 0.227. The van der Waals surface area contributed by atoms with Crippen LogP contribution in [0.25, 0.3) is 0 Å². The standard InChI is InChI=1S/C14H10Cl3NO/c1-8-2-4-9(5-3-8)14(19)18-10-6-11(15)13(17)12(16)7-10/h2-7H,1H3,(H,18,19). The predicted octanol–water partition coefficient (Wildman–Crippen LogP) is 5.21. The number of benzene rings is 2. The van der Waals surface area contributed by atoms with Gasteiger partial charge in [-0.05, 0) is 31.2 Å². The fraction of sp³-hybridized carbons (Fsp3) is 0.0714. The summed E-state index contributed by atoms with van der Waals surface area (Å²) >= 11 is 17.6. The van der Waals surface area contributed by atoms with Crippen LogP contribution in [0, 0.1) is 6.92 Å². The largest absolute Gasteiger partial charge is 0.322 e. The molecule has 2 aromatic carbocycles. The lowest BCUT2D eigenvalue weighted by Gasteiger charge is -2.08. The van der Waals surface area contributed by atoms with Gasteiger partial charge >= 0.3 is 0 Å². The summed E-state index contributed by atoms with van der Waals surface area (Å²) < 4.78 is 0. The molecular formula is C14H10Cl3NO. The van der Waals surface area contributed by atoms with E-state index in [1.807, 2.05) is 19.1 Å². The molecular weight excluding hydrogens is 305 g/mol. The molecule has 98 valence electrons. The van der Waals surface area contributed by atoms with E-state index in [-0.39, 0.29) is 10.9 Å². The van der Waals surface area contributed by atoms with Gasteiger partial charge in [0.1, 0.15) is 0 Å². The Hall–Kier alpha value is -1.22. The number of hydrogen-bond acceptors (Lipinski definition) is 1. The smallest absolute Gasteiger partial charge is 0.255 e. The second kappa shape index (κ2) is 5.83. The van der Waals surface area contributed by atoms with Gasteiger partial charge in [0.15, 0.2) is 0 Å². The molecule has 0 spiro atoms. The molecule has 0 atom stereocenters. The Morgan fingerprint density at radius 1 is 1.00 bits per heavy atom. The van der Waals surface area contributed by atoms with Gasteiger partial charge in [0.25, 0.3) is 5.91 Å². The number of carbonyl (C=O) groups is 1. The molecule has 2 rings (SSSR count). The van der Waals surface area contributed by atoms with Gasteiger partial charge in [-0.3, -0.25) is 4.79 Å². The lowest BCUT2D eigenvalue weighted by Crippen LogP contribution is -2.11. The molecule has 0 aliphatic carbocycles. The average molecular weight is 315 g/mol. The summed E-state index contributed by atoms with van der Waals surface area (Å²) in [7, 11) is 0. The quantitative estimate of drug-likeness (QED) is 0.758. The SMILES string of the molecule is Cc1ccc(C(=O)Nc2cc(Cl)c(Cl)c(Cl)c2)cc1. The van der Waals surface area contributed by atoms with Gasteiger partial charge in [-0.2, -0.15) is 0 Å². The summed E-state index contributed by atoms with van der Waals surface area (Å²) in [6.45, 7) is 1.96. The molecule has 0 aromatic heterocycles. The third-order valence-electron chi connectivity index (χ3n) is 2.56. The van der Waals surface area contributed by atoms with Crippen LogP contribution in [0.2, 0.25) is 15.1 Å². The van der Waals surface area contributed by atoms with E-state index in [4.69, 9.17) is 34.8 Å². The van der Waals surface area contributed by atoms with E-state index in [2.05, 4.69) is 5.32 Å². The van der Waals surface area contributed by atoms with Crippen molar-refractivity contribution in [1.82, 2.24) is 0 Å². The summed E-state index contributed by atoms with van der Waals surface area (Å²) in [6.07, 6.45) is 0. The van der Waals surface area contributed by atoms with Crippen molar-refractivity contribution in [2.24, 2.45) is 0 Å². The van der Waals surface area contributed by atoms with Gasteiger partial charge in [0.2, 0.25) is 0 Å². The van der Waals surface area contributed by atoms with E-state index in [9.17, 15) is 4.79 Å². The molecule has 0 radical (unpaired) electrons. The van der Waals surface area contributed by atoms with Crippen LogP contribution in [0.3, 0.4) is 0 Å². The maximum atomic E-state index is 12.0. The molecule has 5 heteroatoms. The van der Waals surface area contributed by atoms with Crippen molar-refractivity contribution in [1.29, 1.82) is 0 Å². The number of hydrogen-bond donors (Lipinski definition) is 1.